The maximum absolute atomic E-state index is 14.0. The molecule has 0 amide bonds. The standard InChI is InChI=1S/C18H11BrCl2F3NO3S/c19-13-3-8(1-2-12(13)15(29)16(26)27)14-7-17(28-25-14,18(22,23)24)9-4-10(20)6-11(21)5-9/h1-6,15,29H,7H2,(H,26,27)/t15?,17-/m0/s1. The third-order valence-electron chi connectivity index (χ3n) is 4.38. The fourth-order valence-electron chi connectivity index (χ4n) is 2.91. The molecular weight excluding hydrogens is 518 g/mol. The Morgan fingerprint density at radius 1 is 1.24 bits per heavy atom. The van der Waals surface area contributed by atoms with Crippen LogP contribution in [-0.2, 0) is 15.2 Å². The van der Waals surface area contributed by atoms with Gasteiger partial charge in [0.2, 0.25) is 0 Å². The van der Waals surface area contributed by atoms with Crippen molar-refractivity contribution in [2.24, 2.45) is 5.16 Å². The van der Waals surface area contributed by atoms with Crippen molar-refractivity contribution < 1.29 is 27.9 Å². The quantitative estimate of drug-likeness (QED) is 0.452. The normalized spacial score (nSPS) is 20.2. The first-order valence-corrected chi connectivity index (χ1v) is 10.00. The van der Waals surface area contributed by atoms with Gasteiger partial charge in [-0.3, -0.25) is 4.79 Å². The number of carboxylic acid groups (broad SMARTS) is 1. The summed E-state index contributed by atoms with van der Waals surface area (Å²) in [4.78, 5) is 16.1. The van der Waals surface area contributed by atoms with Gasteiger partial charge in [0.15, 0.2) is 0 Å². The smallest absolute Gasteiger partial charge is 0.435 e. The summed E-state index contributed by atoms with van der Waals surface area (Å²) >= 11 is 19.0. The number of nitrogens with zero attached hydrogens (tertiary/aromatic N) is 1. The monoisotopic (exact) mass is 527 g/mol. The summed E-state index contributed by atoms with van der Waals surface area (Å²) in [7, 11) is 0. The van der Waals surface area contributed by atoms with Gasteiger partial charge in [-0.1, -0.05) is 56.4 Å². The van der Waals surface area contributed by atoms with Crippen LogP contribution in [0.3, 0.4) is 0 Å². The highest BCUT2D eigenvalue weighted by Crippen LogP contribution is 2.49. The van der Waals surface area contributed by atoms with E-state index < -0.39 is 29.4 Å². The molecule has 0 saturated heterocycles. The molecule has 0 aliphatic carbocycles. The van der Waals surface area contributed by atoms with Crippen LogP contribution in [0.4, 0.5) is 13.2 Å². The highest BCUT2D eigenvalue weighted by atomic mass is 79.9. The van der Waals surface area contributed by atoms with E-state index in [2.05, 4.69) is 33.7 Å². The highest BCUT2D eigenvalue weighted by Gasteiger charge is 2.62. The van der Waals surface area contributed by atoms with Crippen LogP contribution in [0.1, 0.15) is 28.4 Å². The van der Waals surface area contributed by atoms with Gasteiger partial charge in [0.05, 0.1) is 5.71 Å². The second-order valence-electron chi connectivity index (χ2n) is 6.27. The molecule has 0 saturated carbocycles. The fraction of sp³-hybridized carbons (Fsp3) is 0.222. The van der Waals surface area contributed by atoms with Gasteiger partial charge in [0, 0.05) is 32.1 Å². The van der Waals surface area contributed by atoms with Crippen LogP contribution in [0, 0.1) is 0 Å². The van der Waals surface area contributed by atoms with Crippen molar-refractivity contribution >= 4 is 63.4 Å². The zero-order valence-corrected chi connectivity index (χ0v) is 18.2. The number of alkyl halides is 3. The molecule has 0 radical (unpaired) electrons. The van der Waals surface area contributed by atoms with Crippen LogP contribution in [0.25, 0.3) is 0 Å². The lowest BCUT2D eigenvalue weighted by Gasteiger charge is -2.29. The molecule has 29 heavy (non-hydrogen) atoms. The van der Waals surface area contributed by atoms with E-state index in [4.69, 9.17) is 33.1 Å². The van der Waals surface area contributed by atoms with E-state index in [0.29, 0.717) is 15.6 Å². The second kappa shape index (κ2) is 8.02. The van der Waals surface area contributed by atoms with Gasteiger partial charge in [-0.2, -0.15) is 25.8 Å². The van der Waals surface area contributed by atoms with Gasteiger partial charge >= 0.3 is 12.1 Å². The average molecular weight is 529 g/mol. The minimum absolute atomic E-state index is 0.0359. The Morgan fingerprint density at radius 3 is 2.38 bits per heavy atom. The van der Waals surface area contributed by atoms with E-state index in [1.807, 2.05) is 0 Å². The topological polar surface area (TPSA) is 58.9 Å². The number of hydrogen-bond donors (Lipinski definition) is 2. The second-order valence-corrected chi connectivity index (χ2v) is 8.51. The lowest BCUT2D eigenvalue weighted by molar-refractivity contribution is -0.275. The van der Waals surface area contributed by atoms with Gasteiger partial charge in [0.1, 0.15) is 5.25 Å². The predicted molar refractivity (Wildman–Crippen MR) is 110 cm³/mol. The minimum atomic E-state index is -4.80. The number of hydrogen-bond acceptors (Lipinski definition) is 4. The van der Waals surface area contributed by atoms with E-state index >= 15 is 0 Å². The van der Waals surface area contributed by atoms with Gasteiger partial charge in [0.25, 0.3) is 5.60 Å². The molecule has 0 spiro atoms. The van der Waals surface area contributed by atoms with Crippen molar-refractivity contribution in [3.8, 4) is 0 Å². The van der Waals surface area contributed by atoms with Crippen molar-refractivity contribution in [1.29, 1.82) is 0 Å². The zero-order chi connectivity index (χ0) is 21.6. The molecule has 2 aromatic rings. The molecule has 1 aliphatic heterocycles. The van der Waals surface area contributed by atoms with E-state index in [1.165, 1.54) is 24.3 Å². The summed E-state index contributed by atoms with van der Waals surface area (Å²) < 4.78 is 42.4. The molecule has 2 aromatic carbocycles. The lowest BCUT2D eigenvalue weighted by atomic mass is 9.86. The van der Waals surface area contributed by atoms with Gasteiger partial charge < -0.3 is 9.94 Å². The van der Waals surface area contributed by atoms with E-state index in [0.717, 1.165) is 12.1 Å². The number of carboxylic acids is 1. The Hall–Kier alpha value is -1.42. The molecule has 3 rings (SSSR count). The predicted octanol–water partition coefficient (Wildman–Crippen LogP) is 6.39. The molecule has 154 valence electrons. The van der Waals surface area contributed by atoms with E-state index in [-0.39, 0.29) is 21.3 Å². The molecule has 1 heterocycles. The van der Waals surface area contributed by atoms with Crippen molar-refractivity contribution in [1.82, 2.24) is 0 Å². The van der Waals surface area contributed by atoms with Gasteiger partial charge in [-0.15, -0.1) is 0 Å². The molecule has 1 aliphatic rings. The SMILES string of the molecule is O=C(O)C(S)c1ccc(C2=NO[C@@](c3cc(Cl)cc(Cl)c3)(C(F)(F)F)C2)cc1Br. The molecule has 11 heteroatoms. The largest absolute Gasteiger partial charge is 0.480 e. The fourth-order valence-corrected chi connectivity index (χ4v) is 4.44. The first-order valence-electron chi connectivity index (χ1n) is 7.93. The summed E-state index contributed by atoms with van der Waals surface area (Å²) in [5.41, 5.74) is -2.27. The van der Waals surface area contributed by atoms with Crippen LogP contribution >= 0.6 is 51.8 Å². The number of halogens is 6. The Labute approximate surface area is 187 Å². The molecule has 0 fully saturated rings. The van der Waals surface area contributed by atoms with Crippen LogP contribution in [0.2, 0.25) is 10.0 Å². The van der Waals surface area contributed by atoms with E-state index in [1.54, 1.807) is 0 Å². The maximum Gasteiger partial charge on any atom is 0.435 e. The van der Waals surface area contributed by atoms with Crippen LogP contribution in [0.15, 0.2) is 46.0 Å². The molecular formula is C18H11BrCl2F3NO3S. The van der Waals surface area contributed by atoms with Gasteiger partial charge in [-0.05, 0) is 29.8 Å². The number of rotatable bonds is 4. The van der Waals surface area contributed by atoms with Crippen molar-refractivity contribution in [2.75, 3.05) is 0 Å². The highest BCUT2D eigenvalue weighted by molar-refractivity contribution is 9.10. The Morgan fingerprint density at radius 2 is 1.86 bits per heavy atom. The number of aliphatic carboxylic acids is 1. The Kier molecular flexibility index (Phi) is 6.16. The maximum atomic E-state index is 14.0. The van der Waals surface area contributed by atoms with Crippen molar-refractivity contribution in [3.05, 3.63) is 67.6 Å². The van der Waals surface area contributed by atoms with Gasteiger partial charge in [-0.25, -0.2) is 0 Å². The van der Waals surface area contributed by atoms with Crippen LogP contribution in [-0.4, -0.2) is 23.0 Å². The first kappa shape index (κ1) is 22.3. The summed E-state index contributed by atoms with van der Waals surface area (Å²) in [6, 6.07) is 7.98. The molecule has 2 atom stereocenters. The van der Waals surface area contributed by atoms with Crippen molar-refractivity contribution in [2.45, 2.75) is 23.4 Å². The number of oxime groups is 1. The van der Waals surface area contributed by atoms with Crippen LogP contribution < -0.4 is 0 Å². The van der Waals surface area contributed by atoms with E-state index in [9.17, 15) is 18.0 Å². The number of thiol groups is 1. The Balaban J connectivity index is 1.99. The number of carbonyl (C=O) groups is 1. The summed E-state index contributed by atoms with van der Waals surface area (Å²) in [5.74, 6) is -1.16. The average Bonchev–Trinajstić information content (AvgIpc) is 3.07. The number of benzene rings is 2. The third-order valence-corrected chi connectivity index (χ3v) is 6.00. The molecule has 4 nitrogen and oxygen atoms in total. The molecule has 1 N–H and O–H groups in total. The van der Waals surface area contributed by atoms with Crippen LogP contribution in [0.5, 0.6) is 0 Å². The molecule has 0 bridgehead atoms. The Bertz CT molecular complexity index is 998. The zero-order valence-electron chi connectivity index (χ0n) is 14.2. The minimum Gasteiger partial charge on any atom is -0.480 e. The van der Waals surface area contributed by atoms with Crippen molar-refractivity contribution in [3.63, 3.8) is 0 Å². The third kappa shape index (κ3) is 4.23. The molecule has 0 aromatic heterocycles. The summed E-state index contributed by atoms with van der Waals surface area (Å²) in [6.07, 6.45) is -5.41. The summed E-state index contributed by atoms with van der Waals surface area (Å²) in [6.45, 7) is 0. The summed E-state index contributed by atoms with van der Waals surface area (Å²) in [5, 5.41) is 11.7. The molecule has 1 unspecified atom stereocenters. The first-order chi connectivity index (χ1) is 13.4. The lowest BCUT2D eigenvalue weighted by Crippen LogP contribution is -2.42.